The van der Waals surface area contributed by atoms with Crippen molar-refractivity contribution in [1.29, 1.82) is 0 Å². The highest BCUT2D eigenvalue weighted by Crippen LogP contribution is 2.31. The van der Waals surface area contributed by atoms with E-state index in [1.165, 1.54) is 17.4 Å². The molecule has 40 heavy (non-hydrogen) atoms. The number of carbonyl (C=O) groups is 1. The number of aromatic nitrogens is 7. The number of pyridine rings is 2. The standard InChI is InChI=1S/C30H18FN7OS/c31-21-13-23-20-12-19(21)17-11-18(15-32-14-17)38(25(39)10-16-4-2-1-3-5-16)26-7-6-24(40-26)29-28-22(8-9-33-29)34-30(35-28)27(20)37-36-23/h1-9,11-15H,10H2,(H,34,35)(H,36,37). The topological polar surface area (TPSA) is 105 Å². The molecule has 6 aromatic heterocycles. The molecular formula is C30H18FN7OS. The fourth-order valence-corrected chi connectivity index (χ4v) is 6.23. The molecule has 0 atom stereocenters. The molecule has 2 N–H and O–H groups in total. The van der Waals surface area contributed by atoms with Crippen molar-refractivity contribution in [2.24, 2.45) is 0 Å². The summed E-state index contributed by atoms with van der Waals surface area (Å²) in [6, 6.07) is 20.2. The van der Waals surface area contributed by atoms with Crippen LogP contribution in [0.5, 0.6) is 0 Å². The molecule has 8 bridgehead atoms. The zero-order chi connectivity index (χ0) is 26.8. The first-order chi connectivity index (χ1) is 19.6. The molecule has 0 aliphatic carbocycles. The van der Waals surface area contributed by atoms with Crippen molar-refractivity contribution in [3.8, 4) is 0 Å². The SMILES string of the molecule is O=C(Cc1ccccc1)n1c2cncc(c2)c2cc3c(cc2F)[nH]nc3c2nc3c(ccnc3c3ccc1s3)[nH]2. The van der Waals surface area contributed by atoms with Crippen LogP contribution in [0.25, 0.3) is 64.4 Å². The molecule has 2 aromatic carbocycles. The molecule has 0 amide bonds. The van der Waals surface area contributed by atoms with Gasteiger partial charge in [-0.05, 0) is 35.9 Å². The molecule has 6 heterocycles. The lowest BCUT2D eigenvalue weighted by atomic mass is 10.1. The Morgan fingerprint density at radius 3 is 2.73 bits per heavy atom. The monoisotopic (exact) mass is 543 g/mol. The highest BCUT2D eigenvalue weighted by atomic mass is 32.1. The maximum atomic E-state index is 15.5. The third-order valence-electron chi connectivity index (χ3n) is 7.06. The summed E-state index contributed by atoms with van der Waals surface area (Å²) in [6.45, 7) is 0. The lowest BCUT2D eigenvalue weighted by Crippen LogP contribution is -2.14. The summed E-state index contributed by atoms with van der Waals surface area (Å²) in [5.74, 6) is -0.563. The third-order valence-corrected chi connectivity index (χ3v) is 8.14. The number of imidazole rings is 1. The van der Waals surface area contributed by atoms with E-state index >= 15 is 4.39 Å². The Morgan fingerprint density at radius 1 is 0.925 bits per heavy atom. The number of thiophene rings is 1. The largest absolute Gasteiger partial charge is 0.336 e. The molecule has 0 spiro atoms. The molecule has 0 saturated heterocycles. The summed E-state index contributed by atoms with van der Waals surface area (Å²) in [6.07, 6.45) is 5.14. The van der Waals surface area contributed by atoms with E-state index in [1.807, 2.05) is 48.5 Å². The number of aromatic amines is 2. The smallest absolute Gasteiger partial charge is 0.236 e. The number of halogens is 1. The van der Waals surface area contributed by atoms with Crippen molar-refractivity contribution >= 4 is 81.7 Å². The Hall–Kier alpha value is -5.22. The summed E-state index contributed by atoms with van der Waals surface area (Å²) in [7, 11) is 0. The summed E-state index contributed by atoms with van der Waals surface area (Å²) in [4.78, 5) is 31.9. The predicted molar refractivity (Wildman–Crippen MR) is 156 cm³/mol. The van der Waals surface area contributed by atoms with Crippen LogP contribution in [-0.2, 0) is 6.42 Å². The van der Waals surface area contributed by atoms with Gasteiger partial charge in [0.15, 0.2) is 5.65 Å². The van der Waals surface area contributed by atoms with Crippen LogP contribution in [0.4, 0.5) is 4.39 Å². The summed E-state index contributed by atoms with van der Waals surface area (Å²) >= 11 is 1.43. The second-order valence-corrected chi connectivity index (χ2v) is 10.6. The lowest BCUT2D eigenvalue weighted by Gasteiger charge is -2.08. The van der Waals surface area contributed by atoms with E-state index in [1.54, 1.807) is 35.3 Å². The Bertz CT molecular complexity index is 2350. The van der Waals surface area contributed by atoms with E-state index in [4.69, 9.17) is 4.98 Å². The minimum atomic E-state index is -0.428. The summed E-state index contributed by atoms with van der Waals surface area (Å²) < 4.78 is 18.0. The van der Waals surface area contributed by atoms with Gasteiger partial charge in [-0.25, -0.2) is 9.37 Å². The van der Waals surface area contributed by atoms with Crippen LogP contribution >= 0.6 is 11.3 Å². The maximum Gasteiger partial charge on any atom is 0.236 e. The number of nitrogens with one attached hydrogen (secondary N) is 2. The van der Waals surface area contributed by atoms with Gasteiger partial charge >= 0.3 is 0 Å². The molecule has 0 unspecified atom stereocenters. The number of benzene rings is 2. The quantitative estimate of drug-likeness (QED) is 0.248. The van der Waals surface area contributed by atoms with Gasteiger partial charge in [0, 0.05) is 34.6 Å². The Labute approximate surface area is 228 Å². The molecular weight excluding hydrogens is 525 g/mol. The third kappa shape index (κ3) is 3.53. The van der Waals surface area contributed by atoms with Crippen molar-refractivity contribution in [3.05, 3.63) is 96.7 Å². The summed E-state index contributed by atoms with van der Waals surface area (Å²) in [5.41, 5.74) is 5.28. The van der Waals surface area contributed by atoms with E-state index in [-0.39, 0.29) is 12.3 Å². The second-order valence-electron chi connectivity index (χ2n) is 9.55. The number of hydrogen-bond acceptors (Lipinski definition) is 6. The van der Waals surface area contributed by atoms with Crippen molar-refractivity contribution in [2.75, 3.05) is 0 Å². The minimum absolute atomic E-state index is 0.135. The summed E-state index contributed by atoms with van der Waals surface area (Å²) in [5, 5.41) is 8.98. The van der Waals surface area contributed by atoms with E-state index in [0.29, 0.717) is 54.2 Å². The van der Waals surface area contributed by atoms with Gasteiger partial charge in [0.05, 0.1) is 33.9 Å². The molecule has 8 nitrogen and oxygen atoms in total. The van der Waals surface area contributed by atoms with Crippen molar-refractivity contribution in [1.82, 2.24) is 34.7 Å². The van der Waals surface area contributed by atoms with Crippen LogP contribution in [0.1, 0.15) is 10.4 Å². The van der Waals surface area contributed by atoms with Gasteiger partial charge in [0.1, 0.15) is 27.2 Å². The first-order valence-electron chi connectivity index (χ1n) is 12.6. The van der Waals surface area contributed by atoms with Gasteiger partial charge < -0.3 is 4.98 Å². The molecule has 0 saturated carbocycles. The Balaban J connectivity index is 1.56. The molecule has 0 aliphatic rings. The van der Waals surface area contributed by atoms with Gasteiger partial charge in [-0.1, -0.05) is 30.3 Å². The highest BCUT2D eigenvalue weighted by Gasteiger charge is 2.15. The van der Waals surface area contributed by atoms with Crippen LogP contribution < -0.4 is 0 Å². The highest BCUT2D eigenvalue weighted by molar-refractivity contribution is 7.24. The molecule has 0 radical (unpaired) electrons. The van der Waals surface area contributed by atoms with Gasteiger partial charge in [-0.3, -0.25) is 24.4 Å². The molecule has 10 heteroatoms. The average molecular weight is 544 g/mol. The van der Waals surface area contributed by atoms with E-state index in [2.05, 4.69) is 25.1 Å². The van der Waals surface area contributed by atoms with Gasteiger partial charge in [-0.2, -0.15) is 5.10 Å². The number of H-pyrrole nitrogens is 2. The number of fused-ring (bicyclic) bond motifs is 9. The van der Waals surface area contributed by atoms with Crippen LogP contribution in [0.2, 0.25) is 0 Å². The van der Waals surface area contributed by atoms with Gasteiger partial charge in [0.25, 0.3) is 0 Å². The molecule has 192 valence electrons. The van der Waals surface area contributed by atoms with Gasteiger partial charge in [-0.15, -0.1) is 11.3 Å². The molecule has 8 aromatic rings. The maximum absolute atomic E-state index is 15.5. The first kappa shape index (κ1) is 22.7. The van der Waals surface area contributed by atoms with Crippen LogP contribution in [0.15, 0.2) is 85.3 Å². The normalized spacial score (nSPS) is 11.8. The second kappa shape index (κ2) is 8.65. The zero-order valence-corrected chi connectivity index (χ0v) is 21.5. The minimum Gasteiger partial charge on any atom is -0.336 e. The number of carbonyl (C=O) groups excluding carboxylic acids is 1. The van der Waals surface area contributed by atoms with Crippen molar-refractivity contribution in [2.45, 2.75) is 6.42 Å². The van der Waals surface area contributed by atoms with E-state index in [9.17, 15) is 4.79 Å². The lowest BCUT2D eigenvalue weighted by molar-refractivity contribution is 0.0924. The van der Waals surface area contributed by atoms with E-state index < -0.39 is 5.82 Å². The number of hydrogen-bond donors (Lipinski definition) is 2. The molecule has 0 fully saturated rings. The Kier molecular flexibility index (Phi) is 4.92. The fraction of sp³-hybridized carbons (Fsp3) is 0.0333. The van der Waals surface area contributed by atoms with E-state index in [0.717, 1.165) is 15.8 Å². The van der Waals surface area contributed by atoms with Crippen molar-refractivity contribution < 1.29 is 9.18 Å². The zero-order valence-electron chi connectivity index (χ0n) is 20.7. The van der Waals surface area contributed by atoms with Crippen molar-refractivity contribution in [3.63, 3.8) is 0 Å². The van der Waals surface area contributed by atoms with Crippen LogP contribution in [-0.4, -0.2) is 40.6 Å². The first-order valence-corrected chi connectivity index (χ1v) is 13.4. The predicted octanol–water partition coefficient (Wildman–Crippen LogP) is 6.85. The molecule has 0 aliphatic heterocycles. The number of nitrogens with zero attached hydrogens (tertiary/aromatic N) is 5. The molecule has 8 rings (SSSR count). The van der Waals surface area contributed by atoms with Crippen LogP contribution in [0.3, 0.4) is 0 Å². The number of rotatable bonds is 2. The van der Waals surface area contributed by atoms with Crippen LogP contribution in [0, 0.1) is 5.82 Å². The average Bonchev–Trinajstić information content (AvgIpc) is 3.71. The van der Waals surface area contributed by atoms with Gasteiger partial charge in [0.2, 0.25) is 5.91 Å². The Morgan fingerprint density at radius 2 is 1.82 bits per heavy atom. The fourth-order valence-electron chi connectivity index (χ4n) is 5.18.